The Morgan fingerprint density at radius 1 is 1.29 bits per heavy atom. The molecule has 1 N–H and O–H groups in total. The Morgan fingerprint density at radius 3 is 2.65 bits per heavy atom. The fraction of sp³-hybridized carbons (Fsp3) is 0.600. The van der Waals surface area contributed by atoms with Gasteiger partial charge in [-0.05, 0) is 23.0 Å². The molecule has 2 atom stereocenters. The highest BCUT2D eigenvalue weighted by atomic mass is 16.5. The van der Waals surface area contributed by atoms with Gasteiger partial charge in [0.15, 0.2) is 0 Å². The van der Waals surface area contributed by atoms with E-state index in [9.17, 15) is 5.11 Å². The van der Waals surface area contributed by atoms with E-state index in [2.05, 4.69) is 26.8 Å². The van der Waals surface area contributed by atoms with Gasteiger partial charge in [-0.2, -0.15) is 0 Å². The van der Waals surface area contributed by atoms with Crippen molar-refractivity contribution in [2.45, 2.75) is 45.8 Å². The SMILES string of the molecule is CC(C)(C)CCOC1Cc2ccccc2C1O. The van der Waals surface area contributed by atoms with Crippen molar-refractivity contribution in [2.24, 2.45) is 5.41 Å². The number of rotatable bonds is 3. The van der Waals surface area contributed by atoms with Gasteiger partial charge in [0.1, 0.15) is 6.10 Å². The number of hydrogen-bond donors (Lipinski definition) is 1. The molecule has 94 valence electrons. The van der Waals surface area contributed by atoms with Crippen molar-refractivity contribution in [3.05, 3.63) is 35.4 Å². The maximum absolute atomic E-state index is 10.1. The van der Waals surface area contributed by atoms with Gasteiger partial charge >= 0.3 is 0 Å². The second-order valence-electron chi connectivity index (χ2n) is 6.07. The van der Waals surface area contributed by atoms with Gasteiger partial charge < -0.3 is 9.84 Å². The number of ether oxygens (including phenoxy) is 1. The molecule has 1 aromatic rings. The van der Waals surface area contributed by atoms with Gasteiger partial charge in [-0.15, -0.1) is 0 Å². The summed E-state index contributed by atoms with van der Waals surface area (Å²) in [5.41, 5.74) is 2.55. The van der Waals surface area contributed by atoms with Crippen LogP contribution in [0.15, 0.2) is 24.3 Å². The smallest absolute Gasteiger partial charge is 0.106 e. The molecule has 2 unspecified atom stereocenters. The van der Waals surface area contributed by atoms with Crippen LogP contribution in [0.4, 0.5) is 0 Å². The van der Waals surface area contributed by atoms with E-state index in [1.54, 1.807) is 0 Å². The highest BCUT2D eigenvalue weighted by molar-refractivity contribution is 5.35. The van der Waals surface area contributed by atoms with Crippen LogP contribution in [0.2, 0.25) is 0 Å². The summed E-state index contributed by atoms with van der Waals surface area (Å²) in [6.07, 6.45) is 1.34. The van der Waals surface area contributed by atoms with Crippen LogP contribution < -0.4 is 0 Å². The number of benzene rings is 1. The molecular formula is C15H22O2. The Kier molecular flexibility index (Phi) is 3.55. The second-order valence-corrected chi connectivity index (χ2v) is 6.07. The minimum absolute atomic E-state index is 0.0604. The van der Waals surface area contributed by atoms with Crippen molar-refractivity contribution in [3.8, 4) is 0 Å². The van der Waals surface area contributed by atoms with Crippen LogP contribution in [0.3, 0.4) is 0 Å². The van der Waals surface area contributed by atoms with Gasteiger partial charge in [0.05, 0.1) is 6.10 Å². The van der Waals surface area contributed by atoms with Crippen molar-refractivity contribution in [3.63, 3.8) is 0 Å². The number of aliphatic hydroxyl groups excluding tert-OH is 1. The van der Waals surface area contributed by atoms with Crippen molar-refractivity contribution in [1.29, 1.82) is 0 Å². The van der Waals surface area contributed by atoms with Gasteiger partial charge in [-0.25, -0.2) is 0 Å². The van der Waals surface area contributed by atoms with E-state index in [0.717, 1.165) is 25.0 Å². The van der Waals surface area contributed by atoms with Crippen LogP contribution in [-0.4, -0.2) is 17.8 Å². The number of hydrogen-bond acceptors (Lipinski definition) is 2. The third-order valence-electron chi connectivity index (χ3n) is 3.33. The molecule has 0 amide bonds. The van der Waals surface area contributed by atoms with Crippen molar-refractivity contribution >= 4 is 0 Å². The molecule has 0 saturated heterocycles. The average Bonchev–Trinajstić information content (AvgIpc) is 2.55. The first kappa shape index (κ1) is 12.6. The molecule has 0 spiro atoms. The second kappa shape index (κ2) is 4.79. The first-order chi connectivity index (χ1) is 7.97. The third-order valence-corrected chi connectivity index (χ3v) is 3.33. The Bertz CT molecular complexity index is 379. The van der Waals surface area contributed by atoms with Gasteiger partial charge in [0, 0.05) is 13.0 Å². The zero-order valence-electron chi connectivity index (χ0n) is 10.9. The lowest BCUT2D eigenvalue weighted by atomic mass is 9.93. The van der Waals surface area contributed by atoms with Gasteiger partial charge in [0.2, 0.25) is 0 Å². The van der Waals surface area contributed by atoms with Crippen LogP contribution in [0.25, 0.3) is 0 Å². The summed E-state index contributed by atoms with van der Waals surface area (Å²) < 4.78 is 5.82. The topological polar surface area (TPSA) is 29.5 Å². The summed E-state index contributed by atoms with van der Waals surface area (Å²) in [6, 6.07) is 8.06. The summed E-state index contributed by atoms with van der Waals surface area (Å²) in [5, 5.41) is 10.1. The molecule has 2 rings (SSSR count). The number of fused-ring (bicyclic) bond motifs is 1. The molecule has 0 heterocycles. The minimum Gasteiger partial charge on any atom is -0.386 e. The molecule has 1 aliphatic carbocycles. The lowest BCUT2D eigenvalue weighted by Crippen LogP contribution is -2.21. The Balaban J connectivity index is 1.90. The van der Waals surface area contributed by atoms with Crippen LogP contribution >= 0.6 is 0 Å². The largest absolute Gasteiger partial charge is 0.386 e. The van der Waals surface area contributed by atoms with E-state index in [-0.39, 0.29) is 11.5 Å². The lowest BCUT2D eigenvalue weighted by molar-refractivity contribution is -0.0349. The normalized spacial score (nSPS) is 23.8. The molecule has 2 nitrogen and oxygen atoms in total. The molecular weight excluding hydrogens is 212 g/mol. The fourth-order valence-corrected chi connectivity index (χ4v) is 2.20. The first-order valence-corrected chi connectivity index (χ1v) is 6.35. The maximum atomic E-state index is 10.1. The molecule has 0 radical (unpaired) electrons. The van der Waals surface area contributed by atoms with E-state index in [1.165, 1.54) is 5.56 Å². The van der Waals surface area contributed by atoms with Gasteiger partial charge in [0.25, 0.3) is 0 Å². The van der Waals surface area contributed by atoms with E-state index < -0.39 is 6.10 Å². The molecule has 0 aromatic heterocycles. The molecule has 0 aliphatic heterocycles. The summed E-state index contributed by atoms with van der Waals surface area (Å²) in [6.45, 7) is 7.34. The van der Waals surface area contributed by atoms with Crippen LogP contribution in [0.5, 0.6) is 0 Å². The van der Waals surface area contributed by atoms with Crippen molar-refractivity contribution in [2.75, 3.05) is 6.61 Å². The molecule has 1 aliphatic rings. The predicted octanol–water partition coefficient (Wildman–Crippen LogP) is 3.10. The highest BCUT2D eigenvalue weighted by Crippen LogP contribution is 2.33. The van der Waals surface area contributed by atoms with Crippen molar-refractivity contribution < 1.29 is 9.84 Å². The van der Waals surface area contributed by atoms with Gasteiger partial charge in [-0.3, -0.25) is 0 Å². The Labute approximate surface area is 104 Å². The molecule has 17 heavy (non-hydrogen) atoms. The molecule has 0 bridgehead atoms. The average molecular weight is 234 g/mol. The Hall–Kier alpha value is -0.860. The standard InChI is InChI=1S/C15H22O2/c1-15(2,3)8-9-17-13-10-11-6-4-5-7-12(11)14(13)16/h4-7,13-14,16H,8-10H2,1-3H3. The molecule has 1 aromatic carbocycles. The van der Waals surface area contributed by atoms with E-state index in [4.69, 9.17) is 4.74 Å². The summed E-state index contributed by atoms with van der Waals surface area (Å²) >= 11 is 0. The molecule has 2 heteroatoms. The molecule has 0 fully saturated rings. The number of aliphatic hydroxyl groups is 1. The van der Waals surface area contributed by atoms with Crippen LogP contribution in [0.1, 0.15) is 44.4 Å². The molecule has 0 saturated carbocycles. The maximum Gasteiger partial charge on any atom is 0.106 e. The monoisotopic (exact) mass is 234 g/mol. The highest BCUT2D eigenvalue weighted by Gasteiger charge is 2.31. The summed E-state index contributed by atoms with van der Waals surface area (Å²) in [4.78, 5) is 0. The van der Waals surface area contributed by atoms with Crippen LogP contribution in [0, 0.1) is 5.41 Å². The first-order valence-electron chi connectivity index (χ1n) is 6.35. The van der Waals surface area contributed by atoms with Crippen molar-refractivity contribution in [1.82, 2.24) is 0 Å². The van der Waals surface area contributed by atoms with E-state index in [1.807, 2.05) is 18.2 Å². The predicted molar refractivity (Wildman–Crippen MR) is 68.9 cm³/mol. The van der Waals surface area contributed by atoms with E-state index >= 15 is 0 Å². The zero-order valence-corrected chi connectivity index (χ0v) is 10.9. The minimum atomic E-state index is -0.453. The van der Waals surface area contributed by atoms with Gasteiger partial charge in [-0.1, -0.05) is 45.0 Å². The Morgan fingerprint density at radius 2 is 2.00 bits per heavy atom. The fourth-order valence-electron chi connectivity index (χ4n) is 2.20. The van der Waals surface area contributed by atoms with Crippen LogP contribution in [-0.2, 0) is 11.2 Å². The third kappa shape index (κ3) is 3.08. The quantitative estimate of drug-likeness (QED) is 0.870. The zero-order chi connectivity index (χ0) is 12.5. The lowest BCUT2D eigenvalue weighted by Gasteiger charge is -2.21. The van der Waals surface area contributed by atoms with E-state index in [0.29, 0.717) is 0 Å². The summed E-state index contributed by atoms with van der Waals surface area (Å²) in [7, 11) is 0. The summed E-state index contributed by atoms with van der Waals surface area (Å²) in [5.74, 6) is 0.